The molecule has 0 bridgehead atoms. The molecule has 0 radical (unpaired) electrons. The molecule has 0 fully saturated rings. The van der Waals surface area contributed by atoms with Crippen molar-refractivity contribution in [2.75, 3.05) is 12.4 Å². The average Bonchev–Trinajstić information content (AvgIpc) is 2.72. The van der Waals surface area contributed by atoms with Gasteiger partial charge in [0.05, 0.1) is 12.7 Å². The van der Waals surface area contributed by atoms with Gasteiger partial charge in [0.25, 0.3) is 5.91 Å². The summed E-state index contributed by atoms with van der Waals surface area (Å²) in [4.78, 5) is 12.6. The van der Waals surface area contributed by atoms with E-state index in [2.05, 4.69) is 5.32 Å². The molecule has 0 saturated carbocycles. The first-order chi connectivity index (χ1) is 15.0. The van der Waals surface area contributed by atoms with Gasteiger partial charge in [-0.25, -0.2) is 4.39 Å². The van der Waals surface area contributed by atoms with Gasteiger partial charge in [-0.2, -0.15) is 35.1 Å². The third-order valence-electron chi connectivity index (χ3n) is 4.97. The Morgan fingerprint density at radius 1 is 0.939 bits per heavy atom. The van der Waals surface area contributed by atoms with E-state index in [0.717, 1.165) is 6.92 Å². The van der Waals surface area contributed by atoms with Crippen LogP contribution in [0, 0.1) is 6.92 Å². The van der Waals surface area contributed by atoms with Crippen LogP contribution in [0.5, 0.6) is 5.75 Å². The lowest BCUT2D eigenvalue weighted by molar-refractivity contribution is -0.389. The molecular weight excluding hydrogens is 469 g/mol. The molecule has 0 aliphatic carbocycles. The SMILES string of the molecule is CCc1cc(C(F)(C(F)(F)F)C(F)(F)C(F)(F)F)cc(C)c1NC(=O)c1ccccc1OC. The second-order valence-corrected chi connectivity index (χ2v) is 7.06. The first kappa shape index (κ1) is 26.3. The minimum Gasteiger partial charge on any atom is -0.496 e. The number of aryl methyl sites for hydroxylation is 2. The number of amides is 1. The van der Waals surface area contributed by atoms with Crippen LogP contribution >= 0.6 is 0 Å². The van der Waals surface area contributed by atoms with Crippen molar-refractivity contribution in [1.29, 1.82) is 0 Å². The minimum atomic E-state index is -6.83. The Kier molecular flexibility index (Phi) is 7.01. The molecule has 1 N–H and O–H groups in total. The summed E-state index contributed by atoms with van der Waals surface area (Å²) in [5, 5.41) is 2.37. The molecule has 1 amide bonds. The van der Waals surface area contributed by atoms with E-state index in [1.165, 1.54) is 32.2 Å². The van der Waals surface area contributed by atoms with Crippen molar-refractivity contribution in [3.05, 3.63) is 58.7 Å². The summed E-state index contributed by atoms with van der Waals surface area (Å²) < 4.78 is 126. The number of alkyl halides is 9. The van der Waals surface area contributed by atoms with Gasteiger partial charge >= 0.3 is 23.9 Å². The van der Waals surface area contributed by atoms with Crippen molar-refractivity contribution < 1.29 is 49.0 Å². The van der Waals surface area contributed by atoms with E-state index in [0.29, 0.717) is 0 Å². The van der Waals surface area contributed by atoms with Gasteiger partial charge in [0, 0.05) is 11.3 Å². The highest BCUT2D eigenvalue weighted by atomic mass is 19.4. The van der Waals surface area contributed by atoms with Gasteiger partial charge in [-0.05, 0) is 42.7 Å². The molecule has 0 heterocycles. The molecular formula is C21H18F9NO2. The first-order valence-electron chi connectivity index (χ1n) is 9.31. The van der Waals surface area contributed by atoms with Gasteiger partial charge in [0.2, 0.25) is 0 Å². The van der Waals surface area contributed by atoms with Crippen molar-refractivity contribution >= 4 is 11.6 Å². The summed E-state index contributed by atoms with van der Waals surface area (Å²) >= 11 is 0. The fourth-order valence-corrected chi connectivity index (χ4v) is 3.25. The van der Waals surface area contributed by atoms with Crippen LogP contribution in [0.15, 0.2) is 36.4 Å². The van der Waals surface area contributed by atoms with Crippen molar-refractivity contribution in [2.24, 2.45) is 0 Å². The molecule has 2 aromatic rings. The van der Waals surface area contributed by atoms with Crippen LogP contribution < -0.4 is 10.1 Å². The van der Waals surface area contributed by atoms with E-state index in [-0.39, 0.29) is 46.7 Å². The fourth-order valence-electron chi connectivity index (χ4n) is 3.25. The Labute approximate surface area is 182 Å². The second kappa shape index (κ2) is 8.79. The second-order valence-electron chi connectivity index (χ2n) is 7.06. The lowest BCUT2D eigenvalue weighted by Gasteiger charge is -2.36. The maximum absolute atomic E-state index is 14.9. The predicted octanol–water partition coefficient (Wildman–Crippen LogP) is 6.74. The maximum Gasteiger partial charge on any atom is 0.457 e. The standard InChI is InChI=1S/C21H18F9NO2/c1-4-12-10-13(18(22,20(25,26)27)19(23,24)21(28,29)30)9-11(2)16(12)31-17(32)14-7-5-6-8-15(14)33-3/h5-10H,4H2,1-3H3,(H,31,32). The summed E-state index contributed by atoms with van der Waals surface area (Å²) in [6.07, 6.45) is -13.7. The van der Waals surface area contributed by atoms with Crippen molar-refractivity contribution in [2.45, 2.75) is 44.2 Å². The fraction of sp³-hybridized carbons (Fsp3) is 0.381. The number of anilines is 1. The number of ether oxygens (including phenoxy) is 1. The van der Waals surface area contributed by atoms with E-state index >= 15 is 0 Å². The number of carbonyl (C=O) groups excluding carboxylic acids is 1. The number of para-hydroxylation sites is 1. The summed E-state index contributed by atoms with van der Waals surface area (Å²) in [6.45, 7) is 2.38. The minimum absolute atomic E-state index is 0.0178. The van der Waals surface area contributed by atoms with Crippen LogP contribution in [0.1, 0.15) is 34.0 Å². The Hall–Kier alpha value is -2.92. The largest absolute Gasteiger partial charge is 0.496 e. The zero-order valence-corrected chi connectivity index (χ0v) is 17.4. The number of nitrogens with one attached hydrogen (secondary N) is 1. The zero-order valence-electron chi connectivity index (χ0n) is 17.4. The van der Waals surface area contributed by atoms with Crippen LogP contribution in [-0.2, 0) is 12.1 Å². The number of hydrogen-bond acceptors (Lipinski definition) is 2. The van der Waals surface area contributed by atoms with Crippen LogP contribution in [0.4, 0.5) is 45.2 Å². The molecule has 0 spiro atoms. The van der Waals surface area contributed by atoms with Crippen LogP contribution in [-0.4, -0.2) is 31.3 Å². The highest BCUT2D eigenvalue weighted by molar-refractivity contribution is 6.07. The Morgan fingerprint density at radius 3 is 2.00 bits per heavy atom. The Morgan fingerprint density at radius 2 is 1.52 bits per heavy atom. The number of methoxy groups -OCH3 is 1. The number of benzene rings is 2. The van der Waals surface area contributed by atoms with Crippen molar-refractivity contribution in [1.82, 2.24) is 0 Å². The zero-order chi connectivity index (χ0) is 25.4. The molecule has 12 heteroatoms. The number of hydrogen-bond donors (Lipinski definition) is 1. The molecule has 0 aliphatic heterocycles. The van der Waals surface area contributed by atoms with Gasteiger partial charge in [-0.1, -0.05) is 25.1 Å². The van der Waals surface area contributed by atoms with Gasteiger partial charge < -0.3 is 10.1 Å². The topological polar surface area (TPSA) is 38.3 Å². The van der Waals surface area contributed by atoms with Gasteiger partial charge in [0.15, 0.2) is 0 Å². The molecule has 1 unspecified atom stereocenters. The average molecular weight is 487 g/mol. The third kappa shape index (κ3) is 4.47. The van der Waals surface area contributed by atoms with E-state index < -0.39 is 35.4 Å². The number of rotatable bonds is 6. The highest BCUT2D eigenvalue weighted by Gasteiger charge is 2.81. The molecule has 182 valence electrons. The quantitative estimate of drug-likeness (QED) is 0.458. The third-order valence-corrected chi connectivity index (χ3v) is 4.97. The number of carbonyl (C=O) groups is 1. The normalized spacial score (nSPS) is 14.5. The molecule has 0 aliphatic rings. The molecule has 0 aromatic heterocycles. The van der Waals surface area contributed by atoms with Crippen LogP contribution in [0.2, 0.25) is 0 Å². The molecule has 1 atom stereocenters. The Balaban J connectivity index is 2.65. The molecule has 3 nitrogen and oxygen atoms in total. The number of halogens is 9. The monoisotopic (exact) mass is 487 g/mol. The van der Waals surface area contributed by atoms with Crippen molar-refractivity contribution in [3.8, 4) is 5.75 Å². The summed E-state index contributed by atoms with van der Waals surface area (Å²) in [5.41, 5.74) is -8.75. The Bertz CT molecular complexity index is 1030. The molecule has 2 rings (SSSR count). The summed E-state index contributed by atoms with van der Waals surface area (Å²) in [5.74, 6) is -7.43. The smallest absolute Gasteiger partial charge is 0.457 e. The van der Waals surface area contributed by atoms with E-state index in [9.17, 15) is 44.3 Å². The lowest BCUT2D eigenvalue weighted by Crippen LogP contribution is -2.59. The van der Waals surface area contributed by atoms with Crippen LogP contribution in [0.25, 0.3) is 0 Å². The van der Waals surface area contributed by atoms with Gasteiger partial charge in [0.1, 0.15) is 5.75 Å². The van der Waals surface area contributed by atoms with E-state index in [4.69, 9.17) is 4.74 Å². The molecule has 33 heavy (non-hydrogen) atoms. The summed E-state index contributed by atoms with van der Waals surface area (Å²) in [6, 6.07) is 6.33. The predicted molar refractivity (Wildman–Crippen MR) is 101 cm³/mol. The first-order valence-corrected chi connectivity index (χ1v) is 9.31. The van der Waals surface area contributed by atoms with Gasteiger partial charge in [-0.15, -0.1) is 0 Å². The lowest BCUT2D eigenvalue weighted by atomic mass is 9.85. The highest BCUT2D eigenvalue weighted by Crippen LogP contribution is 2.58. The van der Waals surface area contributed by atoms with Gasteiger partial charge in [-0.3, -0.25) is 4.79 Å². The molecule has 0 saturated heterocycles. The van der Waals surface area contributed by atoms with E-state index in [1.54, 1.807) is 6.07 Å². The van der Waals surface area contributed by atoms with E-state index in [1.807, 2.05) is 0 Å². The maximum atomic E-state index is 14.9. The van der Waals surface area contributed by atoms with Crippen LogP contribution in [0.3, 0.4) is 0 Å². The molecule has 2 aromatic carbocycles. The summed E-state index contributed by atoms with van der Waals surface area (Å²) in [7, 11) is 1.28. The van der Waals surface area contributed by atoms with Crippen molar-refractivity contribution in [3.63, 3.8) is 0 Å².